The average molecular weight is 481 g/mol. The first kappa shape index (κ1) is 24.2. The predicted molar refractivity (Wildman–Crippen MR) is 133 cm³/mol. The smallest absolute Gasteiger partial charge is 0.242 e. The number of ether oxygens (including phenoxy) is 1. The number of hydrogen-bond donors (Lipinski definition) is 1. The molecule has 0 saturated carbocycles. The van der Waals surface area contributed by atoms with Gasteiger partial charge in [-0.15, -0.1) is 11.3 Å². The predicted octanol–water partition coefficient (Wildman–Crippen LogP) is 3.61. The van der Waals surface area contributed by atoms with Gasteiger partial charge in [0.2, 0.25) is 11.8 Å². The van der Waals surface area contributed by atoms with Crippen LogP contribution in [0.15, 0.2) is 24.3 Å². The van der Waals surface area contributed by atoms with Gasteiger partial charge in [-0.25, -0.2) is 0 Å². The summed E-state index contributed by atoms with van der Waals surface area (Å²) in [6.07, 6.45) is 5.69. The van der Waals surface area contributed by atoms with Crippen molar-refractivity contribution >= 4 is 28.2 Å². The standard InChI is InChI=1S/C26H32N4O3S/c1-18(25(32)28-26-22(17-27)21-9-4-3-5-10-23(21)34-26)29-11-13-30(14-12-29)24(31)16-19-7-6-8-20(15-19)33-2/h6-8,15,18H,3-5,9-14,16H2,1-2H3,(H,28,32). The van der Waals surface area contributed by atoms with Gasteiger partial charge in [0.25, 0.3) is 0 Å². The summed E-state index contributed by atoms with van der Waals surface area (Å²) in [5.74, 6) is 0.740. The molecule has 1 aliphatic carbocycles. The van der Waals surface area contributed by atoms with Crippen LogP contribution in [-0.2, 0) is 28.9 Å². The van der Waals surface area contributed by atoms with Crippen LogP contribution in [0.1, 0.15) is 47.8 Å². The Morgan fingerprint density at radius 1 is 1.18 bits per heavy atom. The monoisotopic (exact) mass is 480 g/mol. The van der Waals surface area contributed by atoms with Crippen molar-refractivity contribution in [1.29, 1.82) is 5.26 Å². The van der Waals surface area contributed by atoms with E-state index in [0.29, 0.717) is 43.2 Å². The molecule has 2 heterocycles. The third-order valence-electron chi connectivity index (χ3n) is 6.85. The van der Waals surface area contributed by atoms with Gasteiger partial charge in [0.15, 0.2) is 0 Å². The molecule has 1 aromatic heterocycles. The van der Waals surface area contributed by atoms with Crippen LogP contribution >= 0.6 is 11.3 Å². The lowest BCUT2D eigenvalue weighted by Gasteiger charge is -2.37. The van der Waals surface area contributed by atoms with Crippen molar-refractivity contribution in [2.45, 2.75) is 51.5 Å². The first-order valence-corrected chi connectivity index (χ1v) is 12.8. The van der Waals surface area contributed by atoms with E-state index < -0.39 is 0 Å². The van der Waals surface area contributed by atoms with Gasteiger partial charge >= 0.3 is 0 Å². The first-order chi connectivity index (χ1) is 16.5. The van der Waals surface area contributed by atoms with Crippen molar-refractivity contribution in [3.8, 4) is 11.8 Å². The van der Waals surface area contributed by atoms with Crippen LogP contribution in [0.2, 0.25) is 0 Å². The van der Waals surface area contributed by atoms with Gasteiger partial charge in [-0.3, -0.25) is 14.5 Å². The van der Waals surface area contributed by atoms with Crippen LogP contribution in [-0.4, -0.2) is 60.9 Å². The van der Waals surface area contributed by atoms with Gasteiger partial charge in [0, 0.05) is 31.1 Å². The van der Waals surface area contributed by atoms with E-state index in [1.807, 2.05) is 36.1 Å². The number of piperazine rings is 1. The molecular formula is C26H32N4O3S. The number of nitrogens with zero attached hydrogens (tertiary/aromatic N) is 3. The molecule has 2 aliphatic rings. The highest BCUT2D eigenvalue weighted by Gasteiger charge is 2.29. The highest BCUT2D eigenvalue weighted by Crippen LogP contribution is 2.37. The van der Waals surface area contributed by atoms with Crippen molar-refractivity contribution in [2.24, 2.45) is 0 Å². The number of amides is 2. The van der Waals surface area contributed by atoms with Gasteiger partial charge in [-0.1, -0.05) is 18.6 Å². The summed E-state index contributed by atoms with van der Waals surface area (Å²) in [6, 6.07) is 9.58. The molecule has 1 fully saturated rings. The van der Waals surface area contributed by atoms with E-state index in [-0.39, 0.29) is 17.9 Å². The Balaban J connectivity index is 1.32. The van der Waals surface area contributed by atoms with E-state index in [1.165, 1.54) is 11.3 Å². The third-order valence-corrected chi connectivity index (χ3v) is 8.06. The Bertz CT molecular complexity index is 1080. The van der Waals surface area contributed by atoms with Crippen molar-refractivity contribution < 1.29 is 14.3 Å². The summed E-state index contributed by atoms with van der Waals surface area (Å²) >= 11 is 1.57. The molecule has 8 heteroatoms. The minimum atomic E-state index is -0.330. The number of fused-ring (bicyclic) bond motifs is 1. The average Bonchev–Trinajstić information content (AvgIpc) is 3.02. The third kappa shape index (κ3) is 5.43. The summed E-state index contributed by atoms with van der Waals surface area (Å²) in [5.41, 5.74) is 2.72. The molecule has 2 amide bonds. The molecule has 34 heavy (non-hydrogen) atoms. The fraction of sp³-hybridized carbons (Fsp3) is 0.500. The molecule has 2 aromatic rings. The van der Waals surface area contributed by atoms with Gasteiger partial charge in [-0.05, 0) is 55.9 Å². The highest BCUT2D eigenvalue weighted by molar-refractivity contribution is 7.16. The van der Waals surface area contributed by atoms with Crippen molar-refractivity contribution in [3.05, 3.63) is 45.8 Å². The number of anilines is 1. The fourth-order valence-corrected chi connectivity index (χ4v) is 6.00. The van der Waals surface area contributed by atoms with Gasteiger partial charge in [0.05, 0.1) is 25.1 Å². The molecule has 1 N–H and O–H groups in total. The molecule has 0 bridgehead atoms. The quantitative estimate of drug-likeness (QED) is 0.639. The van der Waals surface area contributed by atoms with E-state index >= 15 is 0 Å². The lowest BCUT2D eigenvalue weighted by Crippen LogP contribution is -2.54. The van der Waals surface area contributed by atoms with Gasteiger partial charge in [-0.2, -0.15) is 5.26 Å². The second kappa shape index (κ2) is 11.0. The second-order valence-electron chi connectivity index (χ2n) is 8.99. The van der Waals surface area contributed by atoms with E-state index in [9.17, 15) is 14.9 Å². The number of carbonyl (C=O) groups excluding carboxylic acids is 2. The Morgan fingerprint density at radius 3 is 2.68 bits per heavy atom. The number of thiophene rings is 1. The molecule has 1 saturated heterocycles. The van der Waals surface area contributed by atoms with Crippen LogP contribution in [0.4, 0.5) is 5.00 Å². The van der Waals surface area contributed by atoms with Crippen molar-refractivity contribution in [1.82, 2.24) is 9.80 Å². The van der Waals surface area contributed by atoms with Crippen LogP contribution < -0.4 is 10.1 Å². The summed E-state index contributed by atoms with van der Waals surface area (Å²) in [4.78, 5) is 31.0. The van der Waals surface area contributed by atoms with Gasteiger partial charge in [0.1, 0.15) is 16.8 Å². The maximum absolute atomic E-state index is 13.0. The Morgan fingerprint density at radius 2 is 1.94 bits per heavy atom. The van der Waals surface area contributed by atoms with Crippen LogP contribution in [0, 0.1) is 11.3 Å². The highest BCUT2D eigenvalue weighted by atomic mass is 32.1. The Labute approximate surface area is 205 Å². The molecule has 0 spiro atoms. The summed E-state index contributed by atoms with van der Waals surface area (Å²) in [5, 5.41) is 13.5. The lowest BCUT2D eigenvalue weighted by atomic mass is 10.1. The lowest BCUT2D eigenvalue weighted by molar-refractivity contribution is -0.133. The second-order valence-corrected chi connectivity index (χ2v) is 10.1. The Kier molecular flexibility index (Phi) is 7.86. The number of hydrogen-bond acceptors (Lipinski definition) is 6. The molecule has 1 atom stereocenters. The molecule has 180 valence electrons. The Hall–Kier alpha value is -2.89. The van der Waals surface area contributed by atoms with E-state index in [2.05, 4.69) is 16.3 Å². The molecule has 1 aliphatic heterocycles. The zero-order valence-corrected chi connectivity index (χ0v) is 20.7. The SMILES string of the molecule is COc1cccc(CC(=O)N2CCN(C(C)C(=O)Nc3sc4c(c3C#N)CCCCC4)CC2)c1. The maximum atomic E-state index is 13.0. The molecular weight excluding hydrogens is 448 g/mol. The van der Waals surface area contributed by atoms with Gasteiger partial charge < -0.3 is 15.0 Å². The number of nitriles is 1. The first-order valence-electron chi connectivity index (χ1n) is 12.0. The number of carbonyl (C=O) groups is 2. The van der Waals surface area contributed by atoms with E-state index in [4.69, 9.17) is 4.74 Å². The molecule has 0 radical (unpaired) electrons. The van der Waals surface area contributed by atoms with E-state index in [0.717, 1.165) is 42.6 Å². The fourth-order valence-electron chi connectivity index (χ4n) is 4.76. The summed E-state index contributed by atoms with van der Waals surface area (Å²) in [7, 11) is 1.62. The topological polar surface area (TPSA) is 85.7 Å². The van der Waals surface area contributed by atoms with E-state index in [1.54, 1.807) is 18.4 Å². The zero-order chi connectivity index (χ0) is 24.1. The molecule has 1 unspecified atom stereocenters. The summed E-state index contributed by atoms with van der Waals surface area (Å²) in [6.45, 7) is 4.37. The van der Waals surface area contributed by atoms with Crippen molar-refractivity contribution in [2.75, 3.05) is 38.6 Å². The number of nitrogens with one attached hydrogen (secondary N) is 1. The van der Waals surface area contributed by atoms with Crippen LogP contribution in [0.25, 0.3) is 0 Å². The molecule has 4 rings (SSSR count). The molecule has 7 nitrogen and oxygen atoms in total. The van der Waals surface area contributed by atoms with Crippen molar-refractivity contribution in [3.63, 3.8) is 0 Å². The minimum Gasteiger partial charge on any atom is -0.497 e. The summed E-state index contributed by atoms with van der Waals surface area (Å²) < 4.78 is 5.24. The largest absolute Gasteiger partial charge is 0.497 e. The minimum absolute atomic E-state index is 0.0868. The number of rotatable bonds is 6. The number of methoxy groups -OCH3 is 1. The van der Waals surface area contributed by atoms with Crippen LogP contribution in [0.5, 0.6) is 5.75 Å². The number of benzene rings is 1. The number of aryl methyl sites for hydroxylation is 1. The molecule has 1 aromatic carbocycles. The normalized spacial score (nSPS) is 17.3. The van der Waals surface area contributed by atoms with Crippen LogP contribution in [0.3, 0.4) is 0 Å². The maximum Gasteiger partial charge on any atom is 0.242 e. The zero-order valence-electron chi connectivity index (χ0n) is 19.9.